The van der Waals surface area contributed by atoms with Crippen LogP contribution in [0.5, 0.6) is 11.6 Å². The number of aromatic nitrogens is 2. The summed E-state index contributed by atoms with van der Waals surface area (Å²) in [7, 11) is 1.56. The van der Waals surface area contributed by atoms with Crippen molar-refractivity contribution in [1.82, 2.24) is 9.97 Å². The number of methoxy groups -OCH3 is 1. The molecule has 2 N–H and O–H groups in total. The Morgan fingerprint density at radius 1 is 1.14 bits per heavy atom. The van der Waals surface area contributed by atoms with Crippen molar-refractivity contribution < 1.29 is 9.84 Å². The van der Waals surface area contributed by atoms with Crippen LogP contribution in [-0.4, -0.2) is 22.2 Å². The van der Waals surface area contributed by atoms with E-state index in [0.717, 1.165) is 5.56 Å². The Labute approximate surface area is 122 Å². The van der Waals surface area contributed by atoms with Crippen LogP contribution in [0, 0.1) is 0 Å². The zero-order valence-corrected chi connectivity index (χ0v) is 11.6. The van der Waals surface area contributed by atoms with Crippen molar-refractivity contribution in [3.8, 4) is 11.6 Å². The predicted molar refractivity (Wildman–Crippen MR) is 81.5 cm³/mol. The third-order valence-electron chi connectivity index (χ3n) is 3.19. The molecule has 106 valence electrons. The summed E-state index contributed by atoms with van der Waals surface area (Å²) >= 11 is 0. The molecule has 0 amide bonds. The van der Waals surface area contributed by atoms with E-state index >= 15 is 0 Å². The molecule has 3 rings (SSSR count). The Balaban J connectivity index is 1.98. The molecule has 0 spiro atoms. The second-order valence-corrected chi connectivity index (χ2v) is 4.58. The third-order valence-corrected chi connectivity index (χ3v) is 3.19. The van der Waals surface area contributed by atoms with Gasteiger partial charge in [-0.05, 0) is 11.6 Å². The number of hydrogen-bond acceptors (Lipinski definition) is 5. The quantitative estimate of drug-likeness (QED) is 0.769. The lowest BCUT2D eigenvalue weighted by Crippen LogP contribution is -2.02. The van der Waals surface area contributed by atoms with Crippen LogP contribution in [-0.2, 0) is 6.54 Å². The molecule has 0 radical (unpaired) electrons. The predicted octanol–water partition coefficient (Wildman–Crippen LogP) is 2.96. The molecule has 5 nitrogen and oxygen atoms in total. The van der Waals surface area contributed by atoms with Gasteiger partial charge in [0, 0.05) is 12.6 Å². The summed E-state index contributed by atoms with van der Waals surface area (Å²) in [6.45, 7) is 0.590. The molecule has 0 aliphatic heterocycles. The standard InChI is InChI=1S/C16H15N3O2/c1-21-14-8-7-12-15(19-14)16(13(20)10-17-12)18-9-11-5-3-2-4-6-11/h2-8,10,20H,9H2,1H3,(H,17,18). The first-order valence-electron chi connectivity index (χ1n) is 6.58. The number of rotatable bonds is 4. The Bertz CT molecular complexity index is 760. The van der Waals surface area contributed by atoms with Crippen LogP contribution in [0.1, 0.15) is 5.56 Å². The molecule has 21 heavy (non-hydrogen) atoms. The molecule has 2 heterocycles. The molecule has 1 aromatic carbocycles. The van der Waals surface area contributed by atoms with Gasteiger partial charge in [0.05, 0.1) is 18.8 Å². The van der Waals surface area contributed by atoms with E-state index in [2.05, 4.69) is 15.3 Å². The lowest BCUT2D eigenvalue weighted by molar-refractivity contribution is 0.399. The minimum atomic E-state index is 0.0687. The van der Waals surface area contributed by atoms with Crippen molar-refractivity contribution in [3.63, 3.8) is 0 Å². The SMILES string of the molecule is COc1ccc2ncc(O)c(NCc3ccccc3)c2n1. The number of nitrogens with one attached hydrogen (secondary N) is 1. The summed E-state index contributed by atoms with van der Waals surface area (Å²) in [5.74, 6) is 0.553. The van der Waals surface area contributed by atoms with Crippen molar-refractivity contribution >= 4 is 16.7 Å². The normalized spacial score (nSPS) is 10.5. The second kappa shape index (κ2) is 5.66. The summed E-state index contributed by atoms with van der Waals surface area (Å²) < 4.78 is 5.13. The minimum absolute atomic E-state index is 0.0687. The maximum absolute atomic E-state index is 10.0. The van der Waals surface area contributed by atoms with E-state index in [1.54, 1.807) is 13.2 Å². The Hall–Kier alpha value is -2.82. The largest absolute Gasteiger partial charge is 0.504 e. The van der Waals surface area contributed by atoms with Gasteiger partial charge in [0.1, 0.15) is 11.2 Å². The van der Waals surface area contributed by atoms with Gasteiger partial charge in [0.25, 0.3) is 0 Å². The molecular formula is C16H15N3O2. The zero-order valence-electron chi connectivity index (χ0n) is 11.6. The van der Waals surface area contributed by atoms with Crippen molar-refractivity contribution in [2.24, 2.45) is 0 Å². The number of benzene rings is 1. The summed E-state index contributed by atoms with van der Waals surface area (Å²) in [5.41, 5.74) is 2.96. The Morgan fingerprint density at radius 2 is 1.95 bits per heavy atom. The molecule has 0 saturated heterocycles. The molecule has 3 aromatic rings. The highest BCUT2D eigenvalue weighted by atomic mass is 16.5. The summed E-state index contributed by atoms with van der Waals surface area (Å²) in [6.07, 6.45) is 1.42. The zero-order chi connectivity index (χ0) is 14.7. The average molecular weight is 281 g/mol. The Morgan fingerprint density at radius 3 is 2.71 bits per heavy atom. The van der Waals surface area contributed by atoms with Crippen LogP contribution in [0.2, 0.25) is 0 Å². The number of nitrogens with zero attached hydrogens (tertiary/aromatic N) is 2. The molecule has 0 fully saturated rings. The highest BCUT2D eigenvalue weighted by Gasteiger charge is 2.10. The summed E-state index contributed by atoms with van der Waals surface area (Å²) in [5, 5.41) is 13.3. The fourth-order valence-corrected chi connectivity index (χ4v) is 2.11. The van der Waals surface area contributed by atoms with E-state index in [-0.39, 0.29) is 5.75 Å². The van der Waals surface area contributed by atoms with Crippen LogP contribution in [0.4, 0.5) is 5.69 Å². The summed E-state index contributed by atoms with van der Waals surface area (Å²) in [4.78, 5) is 8.52. The minimum Gasteiger partial charge on any atom is -0.504 e. The van der Waals surface area contributed by atoms with Crippen LogP contribution < -0.4 is 10.1 Å². The van der Waals surface area contributed by atoms with Crippen molar-refractivity contribution in [2.45, 2.75) is 6.54 Å². The Kier molecular flexibility index (Phi) is 3.55. The molecular weight excluding hydrogens is 266 g/mol. The van der Waals surface area contributed by atoms with Gasteiger partial charge < -0.3 is 15.2 Å². The van der Waals surface area contributed by atoms with Gasteiger partial charge in [-0.1, -0.05) is 30.3 Å². The molecule has 0 aliphatic rings. The fourth-order valence-electron chi connectivity index (χ4n) is 2.11. The van der Waals surface area contributed by atoms with Gasteiger partial charge in [-0.25, -0.2) is 4.98 Å². The van der Waals surface area contributed by atoms with E-state index < -0.39 is 0 Å². The van der Waals surface area contributed by atoms with Crippen molar-refractivity contribution in [3.05, 3.63) is 54.2 Å². The molecule has 0 atom stereocenters. The first kappa shape index (κ1) is 13.2. The highest BCUT2D eigenvalue weighted by Crippen LogP contribution is 2.31. The van der Waals surface area contributed by atoms with Gasteiger partial charge in [-0.2, -0.15) is 0 Å². The lowest BCUT2D eigenvalue weighted by atomic mass is 10.2. The summed E-state index contributed by atoms with van der Waals surface area (Å²) in [6, 6.07) is 13.5. The van der Waals surface area contributed by atoms with Crippen LogP contribution in [0.3, 0.4) is 0 Å². The molecule has 5 heteroatoms. The van der Waals surface area contributed by atoms with Crippen molar-refractivity contribution in [1.29, 1.82) is 0 Å². The lowest BCUT2D eigenvalue weighted by Gasteiger charge is -2.11. The average Bonchev–Trinajstić information content (AvgIpc) is 2.54. The smallest absolute Gasteiger partial charge is 0.213 e. The number of aromatic hydroxyl groups is 1. The van der Waals surface area contributed by atoms with Crippen LogP contribution >= 0.6 is 0 Å². The number of anilines is 1. The van der Waals surface area contributed by atoms with Gasteiger partial charge in [-0.15, -0.1) is 0 Å². The second-order valence-electron chi connectivity index (χ2n) is 4.58. The van der Waals surface area contributed by atoms with Gasteiger partial charge >= 0.3 is 0 Å². The van der Waals surface area contributed by atoms with Gasteiger partial charge in [-0.3, -0.25) is 4.98 Å². The molecule has 0 aliphatic carbocycles. The third kappa shape index (κ3) is 2.72. The van der Waals surface area contributed by atoms with Gasteiger partial charge in [0.15, 0.2) is 5.75 Å². The topological polar surface area (TPSA) is 67.3 Å². The number of ether oxygens (including phenoxy) is 1. The van der Waals surface area contributed by atoms with E-state index in [9.17, 15) is 5.11 Å². The highest BCUT2D eigenvalue weighted by molar-refractivity contribution is 5.90. The van der Waals surface area contributed by atoms with E-state index in [0.29, 0.717) is 29.1 Å². The van der Waals surface area contributed by atoms with E-state index in [1.807, 2.05) is 36.4 Å². The maximum Gasteiger partial charge on any atom is 0.213 e. The first-order chi connectivity index (χ1) is 10.3. The first-order valence-corrected chi connectivity index (χ1v) is 6.58. The monoisotopic (exact) mass is 281 g/mol. The molecule has 0 bridgehead atoms. The van der Waals surface area contributed by atoms with Crippen molar-refractivity contribution in [2.75, 3.05) is 12.4 Å². The fraction of sp³-hybridized carbons (Fsp3) is 0.125. The maximum atomic E-state index is 10.0. The number of pyridine rings is 2. The van der Waals surface area contributed by atoms with Gasteiger partial charge in [0.2, 0.25) is 5.88 Å². The molecule has 0 unspecified atom stereocenters. The van der Waals surface area contributed by atoms with Crippen LogP contribution in [0.15, 0.2) is 48.7 Å². The molecule has 0 saturated carbocycles. The van der Waals surface area contributed by atoms with E-state index in [4.69, 9.17) is 4.74 Å². The molecule has 2 aromatic heterocycles. The number of hydrogen-bond donors (Lipinski definition) is 2. The number of fused-ring (bicyclic) bond motifs is 1. The van der Waals surface area contributed by atoms with E-state index in [1.165, 1.54) is 6.20 Å². The van der Waals surface area contributed by atoms with Crippen LogP contribution in [0.25, 0.3) is 11.0 Å².